The number of furan rings is 1. The Bertz CT molecular complexity index is 1630. The van der Waals surface area contributed by atoms with Gasteiger partial charge in [0.05, 0.1) is 10.5 Å². The number of halogens is 1. The van der Waals surface area contributed by atoms with Gasteiger partial charge in [0.15, 0.2) is 5.82 Å². The molecule has 5 aromatic rings. The highest BCUT2D eigenvalue weighted by Gasteiger charge is 2.17. The number of hydrogen-bond acceptors (Lipinski definition) is 7. The van der Waals surface area contributed by atoms with Gasteiger partial charge in [-0.1, -0.05) is 41.7 Å². The van der Waals surface area contributed by atoms with Crippen molar-refractivity contribution in [1.82, 2.24) is 14.6 Å². The largest absolute Gasteiger partial charge is 0.456 e. The summed E-state index contributed by atoms with van der Waals surface area (Å²) in [6.45, 7) is 0. The number of nitro groups is 1. The van der Waals surface area contributed by atoms with Crippen LogP contribution in [0, 0.1) is 15.9 Å². The number of thiazole rings is 1. The van der Waals surface area contributed by atoms with Crippen molar-refractivity contribution >= 4 is 40.2 Å². The average molecular weight is 460 g/mol. The van der Waals surface area contributed by atoms with Crippen LogP contribution in [0.3, 0.4) is 0 Å². The van der Waals surface area contributed by atoms with Gasteiger partial charge in [-0.25, -0.2) is 4.39 Å². The zero-order valence-electron chi connectivity index (χ0n) is 16.7. The Morgan fingerprint density at radius 1 is 1.06 bits per heavy atom. The third-order valence-electron chi connectivity index (χ3n) is 4.76. The summed E-state index contributed by atoms with van der Waals surface area (Å²) in [7, 11) is 0. The Balaban J connectivity index is 1.44. The molecule has 3 heterocycles. The quantitative estimate of drug-likeness (QED) is 0.288. The van der Waals surface area contributed by atoms with Crippen molar-refractivity contribution in [3.8, 4) is 11.3 Å². The molecular formula is C23H13FN4O4S. The van der Waals surface area contributed by atoms with Crippen molar-refractivity contribution in [2.45, 2.75) is 0 Å². The molecule has 3 aromatic heterocycles. The first kappa shape index (κ1) is 20.5. The summed E-state index contributed by atoms with van der Waals surface area (Å²) in [5.74, 6) is 0.735. The SMILES string of the molecule is O=c1/c(=C/c2ccc(-c3ccccc3[N+](=O)[O-])o2)sc2nc(/C=C/c3ccc(F)cc3)nn12. The Hall–Kier alpha value is -4.44. The summed E-state index contributed by atoms with van der Waals surface area (Å²) in [6.07, 6.45) is 4.92. The van der Waals surface area contributed by atoms with Crippen LogP contribution < -0.4 is 10.1 Å². The molecule has 33 heavy (non-hydrogen) atoms. The first-order chi connectivity index (χ1) is 16.0. The molecule has 0 atom stereocenters. The Kier molecular flexibility index (Phi) is 5.11. The van der Waals surface area contributed by atoms with Crippen LogP contribution in [0.5, 0.6) is 0 Å². The summed E-state index contributed by atoms with van der Waals surface area (Å²) >= 11 is 1.15. The number of aromatic nitrogens is 3. The molecule has 162 valence electrons. The molecule has 0 spiro atoms. The van der Waals surface area contributed by atoms with Gasteiger partial charge in [-0.2, -0.15) is 9.50 Å². The minimum Gasteiger partial charge on any atom is -0.456 e. The van der Waals surface area contributed by atoms with Gasteiger partial charge in [0, 0.05) is 12.1 Å². The maximum absolute atomic E-state index is 13.0. The van der Waals surface area contributed by atoms with Gasteiger partial charge < -0.3 is 4.42 Å². The maximum Gasteiger partial charge on any atom is 0.291 e. The van der Waals surface area contributed by atoms with E-state index >= 15 is 0 Å². The van der Waals surface area contributed by atoms with Gasteiger partial charge in [0.25, 0.3) is 11.2 Å². The molecule has 5 rings (SSSR count). The van der Waals surface area contributed by atoms with E-state index < -0.39 is 4.92 Å². The molecule has 0 saturated heterocycles. The van der Waals surface area contributed by atoms with E-state index in [1.165, 1.54) is 22.7 Å². The van der Waals surface area contributed by atoms with E-state index in [0.29, 0.717) is 32.4 Å². The predicted octanol–water partition coefficient (Wildman–Crippen LogP) is 4.18. The second-order valence-electron chi connectivity index (χ2n) is 6.94. The molecule has 0 aliphatic rings. The Morgan fingerprint density at radius 3 is 2.61 bits per heavy atom. The second kappa shape index (κ2) is 8.24. The fraction of sp³-hybridized carbons (Fsp3) is 0. The molecule has 0 N–H and O–H groups in total. The van der Waals surface area contributed by atoms with Crippen molar-refractivity contribution in [1.29, 1.82) is 0 Å². The molecule has 0 amide bonds. The van der Waals surface area contributed by atoms with Gasteiger partial charge in [-0.05, 0) is 42.0 Å². The average Bonchev–Trinajstić information content (AvgIpc) is 3.51. The molecule has 0 saturated carbocycles. The minimum atomic E-state index is -0.473. The summed E-state index contributed by atoms with van der Waals surface area (Å²) in [5, 5.41) is 15.5. The van der Waals surface area contributed by atoms with Crippen LogP contribution in [0.25, 0.3) is 34.5 Å². The van der Waals surface area contributed by atoms with E-state index in [2.05, 4.69) is 10.1 Å². The van der Waals surface area contributed by atoms with Gasteiger partial charge in [0.2, 0.25) is 4.96 Å². The number of hydrogen-bond donors (Lipinski definition) is 0. The van der Waals surface area contributed by atoms with E-state index in [4.69, 9.17) is 4.42 Å². The highest BCUT2D eigenvalue weighted by molar-refractivity contribution is 7.15. The fourth-order valence-corrected chi connectivity index (χ4v) is 4.10. The standard InChI is InChI=1S/C23H13FN4O4S/c24-15-8-5-14(6-9-15)7-12-21-25-23-27(26-21)22(29)20(33-23)13-16-10-11-19(32-16)17-3-1-2-4-18(17)28(30)31/h1-13H/b12-7+,20-13-. The molecule has 0 bridgehead atoms. The lowest BCUT2D eigenvalue weighted by Gasteiger charge is -1.98. The van der Waals surface area contributed by atoms with Gasteiger partial charge in [-0.15, -0.1) is 5.10 Å². The second-order valence-corrected chi connectivity index (χ2v) is 7.95. The minimum absolute atomic E-state index is 0.0667. The van der Waals surface area contributed by atoms with Crippen LogP contribution in [-0.2, 0) is 0 Å². The Labute approximate surface area is 188 Å². The number of rotatable bonds is 5. The molecule has 0 aliphatic heterocycles. The highest BCUT2D eigenvalue weighted by Crippen LogP contribution is 2.30. The molecule has 0 fully saturated rings. The van der Waals surface area contributed by atoms with E-state index in [9.17, 15) is 19.3 Å². The predicted molar refractivity (Wildman–Crippen MR) is 122 cm³/mol. The van der Waals surface area contributed by atoms with E-state index in [1.54, 1.807) is 60.7 Å². The number of nitrogens with zero attached hydrogens (tertiary/aromatic N) is 4. The number of nitro benzene ring substituents is 1. The molecular weight excluding hydrogens is 447 g/mol. The van der Waals surface area contributed by atoms with Crippen molar-refractivity contribution < 1.29 is 13.7 Å². The van der Waals surface area contributed by atoms with Crippen molar-refractivity contribution in [3.05, 3.63) is 109 Å². The molecule has 0 aliphatic carbocycles. The normalized spacial score (nSPS) is 12.2. The third-order valence-corrected chi connectivity index (χ3v) is 5.72. The topological polar surface area (TPSA) is 104 Å². The molecule has 0 radical (unpaired) electrons. The highest BCUT2D eigenvalue weighted by atomic mass is 32.1. The lowest BCUT2D eigenvalue weighted by Crippen LogP contribution is -2.23. The van der Waals surface area contributed by atoms with E-state index in [-0.39, 0.29) is 17.1 Å². The van der Waals surface area contributed by atoms with Crippen molar-refractivity contribution in [3.63, 3.8) is 0 Å². The van der Waals surface area contributed by atoms with Gasteiger partial charge in [-0.3, -0.25) is 14.9 Å². The van der Waals surface area contributed by atoms with Gasteiger partial charge in [0.1, 0.15) is 21.9 Å². The van der Waals surface area contributed by atoms with Crippen LogP contribution in [0.2, 0.25) is 0 Å². The monoisotopic (exact) mass is 460 g/mol. The zero-order chi connectivity index (χ0) is 22.9. The van der Waals surface area contributed by atoms with Crippen LogP contribution in [0.15, 0.2) is 69.9 Å². The molecule has 0 unspecified atom stereocenters. The van der Waals surface area contributed by atoms with E-state index in [1.807, 2.05) is 0 Å². The third kappa shape index (κ3) is 4.06. The number of benzene rings is 2. The Morgan fingerprint density at radius 2 is 1.85 bits per heavy atom. The lowest BCUT2D eigenvalue weighted by atomic mass is 10.1. The molecule has 10 heteroatoms. The smallest absolute Gasteiger partial charge is 0.291 e. The summed E-state index contributed by atoms with van der Waals surface area (Å²) < 4.78 is 20.3. The maximum atomic E-state index is 13.0. The summed E-state index contributed by atoms with van der Waals surface area (Å²) in [6, 6.07) is 15.5. The van der Waals surface area contributed by atoms with Crippen LogP contribution in [0.4, 0.5) is 10.1 Å². The first-order valence-corrected chi connectivity index (χ1v) is 10.5. The zero-order valence-corrected chi connectivity index (χ0v) is 17.5. The summed E-state index contributed by atoms with van der Waals surface area (Å²) in [5.41, 5.74) is 0.707. The van der Waals surface area contributed by atoms with Crippen LogP contribution >= 0.6 is 11.3 Å². The van der Waals surface area contributed by atoms with Crippen LogP contribution in [-0.4, -0.2) is 19.5 Å². The van der Waals surface area contributed by atoms with Crippen molar-refractivity contribution in [2.75, 3.05) is 0 Å². The van der Waals surface area contributed by atoms with E-state index in [0.717, 1.165) is 16.9 Å². The lowest BCUT2D eigenvalue weighted by molar-refractivity contribution is -0.384. The fourth-order valence-electron chi connectivity index (χ4n) is 3.21. The first-order valence-electron chi connectivity index (χ1n) is 9.66. The van der Waals surface area contributed by atoms with Crippen LogP contribution in [0.1, 0.15) is 17.1 Å². The number of fused-ring (bicyclic) bond motifs is 1. The number of para-hydroxylation sites is 1. The van der Waals surface area contributed by atoms with Crippen molar-refractivity contribution in [2.24, 2.45) is 0 Å². The molecule has 8 nitrogen and oxygen atoms in total. The van der Waals surface area contributed by atoms with Gasteiger partial charge >= 0.3 is 0 Å². The summed E-state index contributed by atoms with van der Waals surface area (Å²) in [4.78, 5) is 28.3. The molecule has 2 aromatic carbocycles.